The monoisotopic (exact) mass is 508 g/mol. The van der Waals surface area contributed by atoms with Gasteiger partial charge in [-0.15, -0.1) is 0 Å². The summed E-state index contributed by atoms with van der Waals surface area (Å²) in [6.45, 7) is 0.456. The van der Waals surface area contributed by atoms with Crippen LogP contribution in [0.15, 0.2) is 43.0 Å². The molecule has 0 amide bonds. The fourth-order valence-electron chi connectivity index (χ4n) is 4.12. The van der Waals surface area contributed by atoms with Crippen LogP contribution in [0.3, 0.4) is 0 Å². The van der Waals surface area contributed by atoms with Crippen molar-refractivity contribution in [1.29, 1.82) is 0 Å². The van der Waals surface area contributed by atoms with Gasteiger partial charge in [0.05, 0.1) is 42.2 Å². The summed E-state index contributed by atoms with van der Waals surface area (Å²) in [7, 11) is 1.56. The van der Waals surface area contributed by atoms with E-state index in [4.69, 9.17) is 4.74 Å². The zero-order valence-corrected chi connectivity index (χ0v) is 20.7. The molecule has 4 heterocycles. The Morgan fingerprint density at radius 3 is 2.56 bits per heavy atom. The molecule has 2 N–H and O–H groups in total. The van der Waals surface area contributed by atoms with Gasteiger partial charge in [-0.05, 0) is 30.7 Å². The zero-order chi connectivity index (χ0) is 25.4. The first-order valence-electron chi connectivity index (χ1n) is 11.1. The molecule has 0 unspecified atom stereocenters. The number of ether oxygens (including phenoxy) is 1. The number of nitrogens with zero attached hydrogens (tertiary/aromatic N) is 6. The second-order valence-electron chi connectivity index (χ2n) is 8.18. The van der Waals surface area contributed by atoms with Gasteiger partial charge in [-0.1, -0.05) is 0 Å². The Morgan fingerprint density at radius 2 is 1.89 bits per heavy atom. The Kier molecular flexibility index (Phi) is 5.92. The van der Waals surface area contributed by atoms with E-state index in [1.165, 1.54) is 11.4 Å². The molecule has 0 radical (unpaired) electrons. The predicted octanol–water partition coefficient (Wildman–Crippen LogP) is 2.54. The Labute approximate surface area is 207 Å². The number of aromatic nitrogens is 5. The van der Waals surface area contributed by atoms with Crippen LogP contribution in [-0.4, -0.2) is 65.3 Å². The normalized spacial score (nSPS) is 14.7. The molecule has 13 heteroatoms. The molecular weight excluding hydrogens is 484 g/mol. The van der Waals surface area contributed by atoms with Crippen LogP contribution in [0.2, 0.25) is 0 Å². The Morgan fingerprint density at radius 1 is 1.11 bits per heavy atom. The van der Waals surface area contributed by atoms with Crippen LogP contribution in [0, 0.1) is 0 Å². The summed E-state index contributed by atoms with van der Waals surface area (Å²) < 4.78 is 32.6. The van der Waals surface area contributed by atoms with E-state index in [0.29, 0.717) is 46.9 Å². The molecule has 4 aromatic rings. The molecular formula is C23H24N8O4S. The van der Waals surface area contributed by atoms with E-state index in [2.05, 4.69) is 30.6 Å². The van der Waals surface area contributed by atoms with E-state index in [1.54, 1.807) is 50.0 Å². The average molecular weight is 509 g/mol. The molecule has 3 aromatic heterocycles. The van der Waals surface area contributed by atoms with E-state index >= 15 is 0 Å². The molecule has 0 aliphatic carbocycles. The SMILES string of the molecule is CNc1nc(Nc2ccc(N3CCCS3(=O)=O)cc2)c(C(=O)OC)nc1-c1cncc2c1ncn2C. The number of hydrogen-bond donors (Lipinski definition) is 2. The molecule has 0 spiro atoms. The molecule has 186 valence electrons. The molecule has 1 fully saturated rings. The van der Waals surface area contributed by atoms with Gasteiger partial charge in [-0.25, -0.2) is 28.2 Å². The van der Waals surface area contributed by atoms with Gasteiger partial charge in [0.1, 0.15) is 11.2 Å². The predicted molar refractivity (Wildman–Crippen MR) is 136 cm³/mol. The number of hydrogen-bond acceptors (Lipinski definition) is 10. The number of carbonyl (C=O) groups is 1. The van der Waals surface area contributed by atoms with E-state index in [9.17, 15) is 13.2 Å². The maximum Gasteiger partial charge on any atom is 0.360 e. The Bertz CT molecular complexity index is 1570. The van der Waals surface area contributed by atoms with Crippen molar-refractivity contribution in [2.24, 2.45) is 7.05 Å². The third-order valence-electron chi connectivity index (χ3n) is 5.92. The van der Waals surface area contributed by atoms with Crippen LogP contribution in [-0.2, 0) is 21.8 Å². The quantitative estimate of drug-likeness (QED) is 0.373. The molecule has 36 heavy (non-hydrogen) atoms. The van der Waals surface area contributed by atoms with Gasteiger partial charge in [0.2, 0.25) is 10.0 Å². The van der Waals surface area contributed by atoms with Crippen molar-refractivity contribution in [3.63, 3.8) is 0 Å². The summed E-state index contributed by atoms with van der Waals surface area (Å²) in [5, 5.41) is 6.13. The molecule has 1 aliphatic heterocycles. The number of sulfonamides is 1. The fraction of sp³-hybridized carbons (Fsp3) is 0.261. The van der Waals surface area contributed by atoms with Crippen LogP contribution < -0.4 is 14.9 Å². The molecule has 5 rings (SSSR count). The number of pyridine rings is 1. The third-order valence-corrected chi connectivity index (χ3v) is 7.79. The van der Waals surface area contributed by atoms with Gasteiger partial charge in [0, 0.05) is 32.5 Å². The minimum atomic E-state index is -3.28. The number of imidazole rings is 1. The van der Waals surface area contributed by atoms with Gasteiger partial charge in [-0.2, -0.15) is 0 Å². The van der Waals surface area contributed by atoms with E-state index in [1.807, 2.05) is 11.6 Å². The standard InChI is InChI=1S/C23H24N8O4S/c1-24-21-19(16-11-25-12-17-18(16)26-13-30(17)2)28-20(23(32)35-3)22(29-21)27-14-5-7-15(8-6-14)31-9-4-10-36(31,33)34/h5-8,11-13H,4,9-10H2,1-3H3,(H2,24,27,29). The van der Waals surface area contributed by atoms with Crippen LogP contribution in [0.1, 0.15) is 16.9 Å². The Hall–Kier alpha value is -4.26. The molecule has 1 aromatic carbocycles. The second kappa shape index (κ2) is 9.07. The lowest BCUT2D eigenvalue weighted by molar-refractivity contribution is 0.0595. The first kappa shape index (κ1) is 23.5. The summed E-state index contributed by atoms with van der Waals surface area (Å²) in [5.41, 5.74) is 3.64. The first-order chi connectivity index (χ1) is 17.3. The van der Waals surface area contributed by atoms with Crippen molar-refractivity contribution in [1.82, 2.24) is 24.5 Å². The average Bonchev–Trinajstić information content (AvgIpc) is 3.45. The lowest BCUT2D eigenvalue weighted by atomic mass is 10.1. The Balaban J connectivity index is 1.55. The number of rotatable bonds is 6. The maximum atomic E-state index is 12.7. The number of fused-ring (bicyclic) bond motifs is 1. The lowest BCUT2D eigenvalue weighted by Gasteiger charge is -2.18. The summed E-state index contributed by atoms with van der Waals surface area (Å²) in [4.78, 5) is 30.6. The van der Waals surface area contributed by atoms with Crippen molar-refractivity contribution >= 4 is 50.0 Å². The number of carbonyl (C=O) groups excluding carboxylic acids is 1. The minimum Gasteiger partial charge on any atom is -0.464 e. The van der Waals surface area contributed by atoms with Crippen molar-refractivity contribution in [3.05, 3.63) is 48.7 Å². The van der Waals surface area contributed by atoms with Gasteiger partial charge in [-0.3, -0.25) is 9.29 Å². The molecule has 1 aliphatic rings. The van der Waals surface area contributed by atoms with Gasteiger partial charge < -0.3 is 19.9 Å². The fourth-order valence-corrected chi connectivity index (χ4v) is 5.68. The molecule has 1 saturated heterocycles. The lowest BCUT2D eigenvalue weighted by Crippen LogP contribution is -2.24. The smallest absolute Gasteiger partial charge is 0.360 e. The van der Waals surface area contributed by atoms with Crippen molar-refractivity contribution in [2.45, 2.75) is 6.42 Å². The summed E-state index contributed by atoms with van der Waals surface area (Å²) in [6.07, 6.45) is 5.60. The van der Waals surface area contributed by atoms with Crippen LogP contribution in [0.5, 0.6) is 0 Å². The van der Waals surface area contributed by atoms with Crippen molar-refractivity contribution < 1.29 is 17.9 Å². The number of anilines is 4. The highest BCUT2D eigenvalue weighted by Crippen LogP contribution is 2.33. The van der Waals surface area contributed by atoms with Crippen LogP contribution in [0.4, 0.5) is 23.0 Å². The third kappa shape index (κ3) is 4.06. The van der Waals surface area contributed by atoms with Gasteiger partial charge in [0.15, 0.2) is 17.3 Å². The second-order valence-corrected chi connectivity index (χ2v) is 10.2. The minimum absolute atomic E-state index is 0.0226. The van der Waals surface area contributed by atoms with E-state index < -0.39 is 16.0 Å². The first-order valence-corrected chi connectivity index (χ1v) is 12.7. The molecule has 0 bridgehead atoms. The largest absolute Gasteiger partial charge is 0.464 e. The highest BCUT2D eigenvalue weighted by Gasteiger charge is 2.28. The summed E-state index contributed by atoms with van der Waals surface area (Å²) >= 11 is 0. The summed E-state index contributed by atoms with van der Waals surface area (Å²) in [5.74, 6) is 0.0590. The van der Waals surface area contributed by atoms with E-state index in [0.717, 1.165) is 5.52 Å². The summed E-state index contributed by atoms with van der Waals surface area (Å²) in [6, 6.07) is 6.85. The van der Waals surface area contributed by atoms with Gasteiger partial charge in [0.25, 0.3) is 0 Å². The van der Waals surface area contributed by atoms with Crippen LogP contribution in [0.25, 0.3) is 22.3 Å². The number of nitrogens with one attached hydrogen (secondary N) is 2. The number of methoxy groups -OCH3 is 1. The topological polar surface area (TPSA) is 144 Å². The number of aryl methyl sites for hydroxylation is 1. The number of esters is 1. The van der Waals surface area contributed by atoms with Crippen LogP contribution >= 0.6 is 0 Å². The van der Waals surface area contributed by atoms with Crippen molar-refractivity contribution in [2.75, 3.05) is 41.4 Å². The van der Waals surface area contributed by atoms with Crippen molar-refractivity contribution in [3.8, 4) is 11.3 Å². The molecule has 12 nitrogen and oxygen atoms in total. The zero-order valence-electron chi connectivity index (χ0n) is 19.9. The highest BCUT2D eigenvalue weighted by molar-refractivity contribution is 7.93. The van der Waals surface area contributed by atoms with E-state index in [-0.39, 0.29) is 17.3 Å². The highest BCUT2D eigenvalue weighted by atomic mass is 32.2. The van der Waals surface area contributed by atoms with Gasteiger partial charge >= 0.3 is 5.97 Å². The molecule has 0 saturated carbocycles. The maximum absolute atomic E-state index is 12.7. The number of benzene rings is 1. The molecule has 0 atom stereocenters.